The number of ether oxygens (including phenoxy) is 1. The lowest BCUT2D eigenvalue weighted by Crippen LogP contribution is -2.12. The lowest BCUT2D eigenvalue weighted by molar-refractivity contribution is -0.138. The van der Waals surface area contributed by atoms with Gasteiger partial charge in [-0.25, -0.2) is 0 Å². The summed E-state index contributed by atoms with van der Waals surface area (Å²) in [6.45, 7) is 1.98. The second kappa shape index (κ2) is 3.26. The number of carboxylic acids is 1. The monoisotopic (exact) mass is 206 g/mol. The van der Waals surface area contributed by atoms with Gasteiger partial charge in [-0.05, 0) is 12.5 Å². The maximum absolute atomic E-state index is 10.9. The van der Waals surface area contributed by atoms with Crippen LogP contribution in [0.25, 0.3) is 0 Å². The second-order valence-electron chi connectivity index (χ2n) is 4.21. The van der Waals surface area contributed by atoms with Gasteiger partial charge in [0.1, 0.15) is 5.75 Å². The number of hydrogen-bond acceptors (Lipinski definition) is 2. The number of benzene rings is 1. The third-order valence-electron chi connectivity index (χ3n) is 3.26. The maximum atomic E-state index is 10.9. The molecular formula is C12H14O3. The van der Waals surface area contributed by atoms with Gasteiger partial charge in [0, 0.05) is 11.0 Å². The molecule has 80 valence electrons. The summed E-state index contributed by atoms with van der Waals surface area (Å²) in [6, 6.07) is 7.63. The Bertz CT molecular complexity index is 400. The average Bonchev–Trinajstić information content (AvgIpc) is 2.92. The smallest absolute Gasteiger partial charge is 0.307 e. The summed E-state index contributed by atoms with van der Waals surface area (Å²) in [4.78, 5) is 10.9. The Morgan fingerprint density at radius 3 is 2.73 bits per heavy atom. The molecule has 1 aromatic rings. The van der Waals surface area contributed by atoms with Crippen molar-refractivity contribution >= 4 is 5.97 Å². The van der Waals surface area contributed by atoms with Crippen molar-refractivity contribution in [1.29, 1.82) is 0 Å². The van der Waals surface area contributed by atoms with E-state index in [9.17, 15) is 4.79 Å². The molecule has 1 saturated carbocycles. The third kappa shape index (κ3) is 1.48. The molecule has 1 fully saturated rings. The molecule has 2 rings (SSSR count). The molecule has 1 aromatic carbocycles. The number of hydrogen-bond donors (Lipinski definition) is 1. The van der Waals surface area contributed by atoms with Crippen molar-refractivity contribution in [3.05, 3.63) is 29.8 Å². The molecule has 0 unspecified atom stereocenters. The molecule has 0 aromatic heterocycles. The van der Waals surface area contributed by atoms with Crippen molar-refractivity contribution in [2.45, 2.75) is 18.8 Å². The third-order valence-corrected chi connectivity index (χ3v) is 3.26. The molecule has 15 heavy (non-hydrogen) atoms. The highest BCUT2D eigenvalue weighted by Crippen LogP contribution is 2.56. The maximum Gasteiger partial charge on any atom is 0.307 e. The van der Waals surface area contributed by atoms with E-state index < -0.39 is 5.97 Å². The number of aliphatic carboxylic acids is 1. The molecule has 0 radical (unpaired) electrons. The van der Waals surface area contributed by atoms with E-state index in [0.29, 0.717) is 6.42 Å². The first-order valence-corrected chi connectivity index (χ1v) is 4.96. The summed E-state index contributed by atoms with van der Waals surface area (Å²) < 4.78 is 5.25. The van der Waals surface area contributed by atoms with E-state index in [-0.39, 0.29) is 11.3 Å². The summed E-state index contributed by atoms with van der Waals surface area (Å²) >= 11 is 0. The van der Waals surface area contributed by atoms with Crippen LogP contribution in [0.5, 0.6) is 5.75 Å². The highest BCUT2D eigenvalue weighted by molar-refractivity contribution is 5.77. The van der Waals surface area contributed by atoms with Crippen LogP contribution >= 0.6 is 0 Å². The molecule has 1 aliphatic carbocycles. The van der Waals surface area contributed by atoms with Crippen molar-refractivity contribution in [3.63, 3.8) is 0 Å². The van der Waals surface area contributed by atoms with Crippen molar-refractivity contribution in [2.24, 2.45) is 5.92 Å². The zero-order chi connectivity index (χ0) is 11.1. The molecule has 0 bridgehead atoms. The topological polar surface area (TPSA) is 46.5 Å². The van der Waals surface area contributed by atoms with Crippen LogP contribution in [0.4, 0.5) is 0 Å². The lowest BCUT2D eigenvalue weighted by Gasteiger charge is -2.14. The fraction of sp³-hybridized carbons (Fsp3) is 0.417. The van der Waals surface area contributed by atoms with Gasteiger partial charge in [0.25, 0.3) is 0 Å². The van der Waals surface area contributed by atoms with Crippen LogP contribution in [0, 0.1) is 5.92 Å². The minimum atomic E-state index is -0.719. The molecule has 1 aliphatic rings. The number of para-hydroxylation sites is 1. The second-order valence-corrected chi connectivity index (χ2v) is 4.21. The van der Waals surface area contributed by atoms with Crippen LogP contribution in [0.3, 0.4) is 0 Å². The molecule has 3 nitrogen and oxygen atoms in total. The minimum Gasteiger partial charge on any atom is -0.496 e. The van der Waals surface area contributed by atoms with Gasteiger partial charge in [0.2, 0.25) is 0 Å². The zero-order valence-electron chi connectivity index (χ0n) is 8.86. The first kappa shape index (κ1) is 10.0. The molecule has 0 amide bonds. The normalized spacial score (nSPS) is 28.5. The number of carbonyl (C=O) groups is 1. The average molecular weight is 206 g/mol. The quantitative estimate of drug-likeness (QED) is 0.823. The Hall–Kier alpha value is -1.51. The number of carboxylic acid groups (broad SMARTS) is 1. The predicted molar refractivity (Wildman–Crippen MR) is 56.1 cm³/mol. The van der Waals surface area contributed by atoms with Crippen molar-refractivity contribution in [2.75, 3.05) is 7.11 Å². The van der Waals surface area contributed by atoms with E-state index in [2.05, 4.69) is 0 Å². The van der Waals surface area contributed by atoms with Gasteiger partial charge in [-0.2, -0.15) is 0 Å². The molecule has 2 atom stereocenters. The van der Waals surface area contributed by atoms with E-state index in [1.54, 1.807) is 7.11 Å². The Morgan fingerprint density at radius 2 is 2.20 bits per heavy atom. The largest absolute Gasteiger partial charge is 0.496 e. The van der Waals surface area contributed by atoms with Crippen LogP contribution in [0.2, 0.25) is 0 Å². The van der Waals surface area contributed by atoms with E-state index in [0.717, 1.165) is 11.3 Å². The van der Waals surface area contributed by atoms with Gasteiger partial charge in [0.05, 0.1) is 13.0 Å². The predicted octanol–water partition coefficient (Wildman–Crippen LogP) is 2.06. The summed E-state index contributed by atoms with van der Waals surface area (Å²) in [5, 5.41) is 8.97. The Kier molecular flexibility index (Phi) is 2.18. The van der Waals surface area contributed by atoms with Crippen molar-refractivity contribution in [1.82, 2.24) is 0 Å². The lowest BCUT2D eigenvalue weighted by atomic mass is 9.94. The van der Waals surface area contributed by atoms with Gasteiger partial charge in [-0.15, -0.1) is 0 Å². The van der Waals surface area contributed by atoms with Gasteiger partial charge >= 0.3 is 5.97 Å². The van der Waals surface area contributed by atoms with E-state index in [1.807, 2.05) is 31.2 Å². The number of rotatable bonds is 3. The number of methoxy groups -OCH3 is 1. The van der Waals surface area contributed by atoms with E-state index >= 15 is 0 Å². The minimum absolute atomic E-state index is 0.252. The van der Waals surface area contributed by atoms with Crippen LogP contribution in [0.15, 0.2) is 24.3 Å². The summed E-state index contributed by atoms with van der Waals surface area (Å²) in [5.41, 5.74) is 0.748. The molecule has 0 heterocycles. The van der Waals surface area contributed by atoms with Crippen LogP contribution in [-0.2, 0) is 10.2 Å². The zero-order valence-corrected chi connectivity index (χ0v) is 8.86. The van der Waals surface area contributed by atoms with Crippen molar-refractivity contribution < 1.29 is 14.6 Å². The Morgan fingerprint density at radius 1 is 1.53 bits per heavy atom. The van der Waals surface area contributed by atoms with Crippen LogP contribution in [-0.4, -0.2) is 18.2 Å². The van der Waals surface area contributed by atoms with Gasteiger partial charge in [-0.1, -0.05) is 25.1 Å². The van der Waals surface area contributed by atoms with E-state index in [1.165, 1.54) is 0 Å². The van der Waals surface area contributed by atoms with Gasteiger partial charge in [-0.3, -0.25) is 4.79 Å². The molecular weight excluding hydrogens is 192 g/mol. The summed E-state index contributed by atoms with van der Waals surface area (Å²) in [6.07, 6.45) is 0.697. The SMILES string of the molecule is COc1ccccc1[C@@]1(C)C[C@H]1C(=O)O. The fourth-order valence-corrected chi connectivity index (χ4v) is 2.14. The highest BCUT2D eigenvalue weighted by atomic mass is 16.5. The first-order valence-electron chi connectivity index (χ1n) is 4.96. The van der Waals surface area contributed by atoms with Crippen molar-refractivity contribution in [3.8, 4) is 5.75 Å². The van der Waals surface area contributed by atoms with Gasteiger partial charge < -0.3 is 9.84 Å². The standard InChI is InChI=1S/C12H14O3/c1-12(7-9(12)11(13)14)8-5-3-4-6-10(8)15-2/h3-6,9H,7H2,1-2H3,(H,13,14)/t9-,12+/m0/s1. The summed E-state index contributed by atoms with van der Waals surface area (Å²) in [7, 11) is 1.61. The molecule has 0 spiro atoms. The van der Waals surface area contributed by atoms with Crippen LogP contribution in [0.1, 0.15) is 18.9 Å². The molecule has 0 aliphatic heterocycles. The Labute approximate surface area is 88.7 Å². The fourth-order valence-electron chi connectivity index (χ4n) is 2.14. The summed E-state index contributed by atoms with van der Waals surface area (Å²) in [5.74, 6) is -0.207. The molecule has 3 heteroatoms. The first-order chi connectivity index (χ1) is 7.09. The Balaban J connectivity index is 2.35. The highest BCUT2D eigenvalue weighted by Gasteiger charge is 2.57. The van der Waals surface area contributed by atoms with Crippen LogP contribution < -0.4 is 4.74 Å². The molecule has 1 N–H and O–H groups in total. The van der Waals surface area contributed by atoms with E-state index in [4.69, 9.17) is 9.84 Å². The van der Waals surface area contributed by atoms with Gasteiger partial charge in [0.15, 0.2) is 0 Å². The molecule has 0 saturated heterocycles.